The molecule has 7 heteroatoms. The molecule has 0 saturated carbocycles. The van der Waals surface area contributed by atoms with Crippen LogP contribution >= 0.6 is 23.2 Å². The molecule has 0 unspecified atom stereocenters. The molecule has 1 heterocycles. The van der Waals surface area contributed by atoms with Gasteiger partial charge in [-0.3, -0.25) is 14.6 Å². The molecule has 0 saturated heterocycles. The van der Waals surface area contributed by atoms with Crippen LogP contribution in [0, 0.1) is 0 Å². The van der Waals surface area contributed by atoms with E-state index in [0.29, 0.717) is 28.7 Å². The molecule has 1 aromatic carbocycles. The van der Waals surface area contributed by atoms with Crippen molar-refractivity contribution in [2.75, 3.05) is 11.9 Å². The Morgan fingerprint density at radius 2 is 1.77 bits per heavy atom. The first-order valence-corrected chi connectivity index (χ1v) is 7.25. The minimum Gasteiger partial charge on any atom is -0.347 e. The molecule has 0 aliphatic rings. The predicted molar refractivity (Wildman–Crippen MR) is 86.0 cm³/mol. The van der Waals surface area contributed by atoms with E-state index in [2.05, 4.69) is 15.6 Å². The van der Waals surface area contributed by atoms with Crippen LogP contribution in [0.15, 0.2) is 42.6 Å². The maximum Gasteiger partial charge on any atom is 0.313 e. The van der Waals surface area contributed by atoms with Gasteiger partial charge in [-0.1, -0.05) is 29.3 Å². The normalized spacial score (nSPS) is 10.1. The van der Waals surface area contributed by atoms with Gasteiger partial charge in [-0.15, -0.1) is 0 Å². The zero-order valence-corrected chi connectivity index (χ0v) is 13.0. The number of nitrogens with one attached hydrogen (secondary N) is 2. The summed E-state index contributed by atoms with van der Waals surface area (Å²) in [5, 5.41) is 5.71. The molecule has 0 bridgehead atoms. The smallest absolute Gasteiger partial charge is 0.313 e. The van der Waals surface area contributed by atoms with Gasteiger partial charge in [0.25, 0.3) is 0 Å². The van der Waals surface area contributed by atoms with Gasteiger partial charge in [0.1, 0.15) is 0 Å². The summed E-state index contributed by atoms with van der Waals surface area (Å²) >= 11 is 11.6. The topological polar surface area (TPSA) is 71.1 Å². The summed E-state index contributed by atoms with van der Waals surface area (Å²) < 4.78 is 0. The number of hydrogen-bond donors (Lipinski definition) is 2. The molecule has 2 rings (SSSR count). The minimum absolute atomic E-state index is 0.319. The van der Waals surface area contributed by atoms with Crippen LogP contribution in [0.3, 0.4) is 0 Å². The van der Waals surface area contributed by atoms with E-state index >= 15 is 0 Å². The molecular weight excluding hydrogens is 325 g/mol. The Morgan fingerprint density at radius 3 is 2.41 bits per heavy atom. The quantitative estimate of drug-likeness (QED) is 0.842. The summed E-state index contributed by atoms with van der Waals surface area (Å²) in [5.41, 5.74) is 1.20. The van der Waals surface area contributed by atoms with Crippen LogP contribution in [0.1, 0.15) is 5.69 Å². The van der Waals surface area contributed by atoms with Crippen LogP contribution in [0.4, 0.5) is 5.69 Å². The van der Waals surface area contributed by atoms with E-state index in [-0.39, 0.29) is 0 Å². The van der Waals surface area contributed by atoms with Gasteiger partial charge in [-0.2, -0.15) is 0 Å². The van der Waals surface area contributed by atoms with Gasteiger partial charge in [-0.05, 0) is 30.3 Å². The van der Waals surface area contributed by atoms with Gasteiger partial charge < -0.3 is 10.6 Å². The van der Waals surface area contributed by atoms with Crippen LogP contribution in [0.5, 0.6) is 0 Å². The lowest BCUT2D eigenvalue weighted by Gasteiger charge is -2.07. The number of halogens is 2. The Bertz CT molecular complexity index is 657. The van der Waals surface area contributed by atoms with E-state index in [1.54, 1.807) is 6.20 Å². The van der Waals surface area contributed by atoms with Gasteiger partial charge in [0.2, 0.25) is 0 Å². The lowest BCUT2D eigenvalue weighted by Crippen LogP contribution is -2.36. The van der Waals surface area contributed by atoms with E-state index in [1.807, 2.05) is 18.2 Å². The molecule has 0 aliphatic carbocycles. The lowest BCUT2D eigenvalue weighted by molar-refractivity contribution is -0.136. The maximum atomic E-state index is 11.8. The molecule has 22 heavy (non-hydrogen) atoms. The van der Waals surface area contributed by atoms with Crippen LogP contribution in [-0.2, 0) is 16.0 Å². The third-order valence-corrected chi connectivity index (χ3v) is 3.16. The number of carbonyl (C=O) groups is 2. The standard InChI is InChI=1S/C15H13Cl2N3O2/c16-10-7-11(17)9-13(8-10)20-15(22)14(21)19-6-4-12-3-1-2-5-18-12/h1-3,5,7-9H,4,6H2,(H,19,21)(H,20,22). The van der Waals surface area contributed by atoms with Gasteiger partial charge in [0, 0.05) is 40.6 Å². The molecule has 0 aliphatic heterocycles. The Labute approximate surface area is 137 Å². The zero-order valence-electron chi connectivity index (χ0n) is 11.5. The fourth-order valence-electron chi connectivity index (χ4n) is 1.74. The van der Waals surface area contributed by atoms with Crippen molar-refractivity contribution in [3.8, 4) is 0 Å². The minimum atomic E-state index is -0.778. The van der Waals surface area contributed by atoms with E-state index < -0.39 is 11.8 Å². The van der Waals surface area contributed by atoms with Gasteiger partial charge >= 0.3 is 11.8 Å². The average Bonchev–Trinajstić information content (AvgIpc) is 2.47. The molecule has 2 aromatic rings. The SMILES string of the molecule is O=C(NCCc1ccccn1)C(=O)Nc1cc(Cl)cc(Cl)c1. The summed E-state index contributed by atoms with van der Waals surface area (Å²) in [7, 11) is 0. The molecule has 0 spiro atoms. The summed E-state index contributed by atoms with van der Waals surface area (Å²) in [4.78, 5) is 27.6. The highest BCUT2D eigenvalue weighted by Crippen LogP contribution is 2.22. The highest BCUT2D eigenvalue weighted by Gasteiger charge is 2.13. The number of aromatic nitrogens is 1. The number of hydrogen-bond acceptors (Lipinski definition) is 3. The third kappa shape index (κ3) is 5.02. The fraction of sp³-hybridized carbons (Fsp3) is 0.133. The molecule has 2 amide bonds. The second kappa shape index (κ2) is 7.77. The van der Waals surface area contributed by atoms with Crippen LogP contribution in [0.25, 0.3) is 0 Å². The summed E-state index contributed by atoms with van der Waals surface area (Å²) in [6.45, 7) is 0.319. The summed E-state index contributed by atoms with van der Waals surface area (Å²) in [5.74, 6) is -1.51. The highest BCUT2D eigenvalue weighted by atomic mass is 35.5. The van der Waals surface area contributed by atoms with Crippen molar-refractivity contribution in [1.29, 1.82) is 0 Å². The summed E-state index contributed by atoms with van der Waals surface area (Å²) in [6, 6.07) is 10.1. The highest BCUT2D eigenvalue weighted by molar-refractivity contribution is 6.40. The molecule has 1 aromatic heterocycles. The number of pyridine rings is 1. The Morgan fingerprint density at radius 1 is 1.05 bits per heavy atom. The molecule has 0 radical (unpaired) electrons. The van der Waals surface area contributed by atoms with Crippen LogP contribution in [-0.4, -0.2) is 23.3 Å². The monoisotopic (exact) mass is 337 g/mol. The number of carbonyl (C=O) groups excluding carboxylic acids is 2. The molecule has 114 valence electrons. The number of nitrogens with zero attached hydrogens (tertiary/aromatic N) is 1. The van der Waals surface area contributed by atoms with Gasteiger partial charge in [0.05, 0.1) is 0 Å². The van der Waals surface area contributed by atoms with E-state index in [4.69, 9.17) is 23.2 Å². The Kier molecular flexibility index (Phi) is 5.75. The van der Waals surface area contributed by atoms with E-state index in [1.165, 1.54) is 18.2 Å². The van der Waals surface area contributed by atoms with Crippen molar-refractivity contribution < 1.29 is 9.59 Å². The second-order valence-electron chi connectivity index (χ2n) is 4.44. The third-order valence-electron chi connectivity index (χ3n) is 2.72. The van der Waals surface area contributed by atoms with Crippen LogP contribution < -0.4 is 10.6 Å². The van der Waals surface area contributed by atoms with Crippen molar-refractivity contribution in [2.24, 2.45) is 0 Å². The zero-order chi connectivity index (χ0) is 15.9. The largest absolute Gasteiger partial charge is 0.347 e. The first kappa shape index (κ1) is 16.3. The lowest BCUT2D eigenvalue weighted by atomic mass is 10.2. The predicted octanol–water partition coefficient (Wildman–Crippen LogP) is 2.69. The molecule has 2 N–H and O–H groups in total. The van der Waals surface area contributed by atoms with Crippen LogP contribution in [0.2, 0.25) is 10.0 Å². The number of anilines is 1. The second-order valence-corrected chi connectivity index (χ2v) is 5.31. The van der Waals surface area contributed by atoms with E-state index in [9.17, 15) is 9.59 Å². The van der Waals surface area contributed by atoms with Crippen molar-refractivity contribution in [3.63, 3.8) is 0 Å². The summed E-state index contributed by atoms with van der Waals surface area (Å²) in [6.07, 6.45) is 2.22. The number of benzene rings is 1. The van der Waals surface area contributed by atoms with E-state index in [0.717, 1.165) is 5.69 Å². The first-order chi connectivity index (χ1) is 10.5. The number of amides is 2. The molecule has 0 fully saturated rings. The number of rotatable bonds is 4. The Balaban J connectivity index is 1.83. The van der Waals surface area contributed by atoms with Gasteiger partial charge in [-0.25, -0.2) is 0 Å². The Hall–Kier alpha value is -2.11. The van der Waals surface area contributed by atoms with Crippen molar-refractivity contribution in [3.05, 3.63) is 58.3 Å². The maximum absolute atomic E-state index is 11.8. The van der Waals surface area contributed by atoms with Gasteiger partial charge in [0.15, 0.2) is 0 Å². The fourth-order valence-corrected chi connectivity index (χ4v) is 2.27. The molecular formula is C15H13Cl2N3O2. The first-order valence-electron chi connectivity index (χ1n) is 6.50. The molecule has 5 nitrogen and oxygen atoms in total. The van der Waals surface area contributed by atoms with Crippen molar-refractivity contribution >= 4 is 40.7 Å². The van der Waals surface area contributed by atoms with Crippen molar-refractivity contribution in [1.82, 2.24) is 10.3 Å². The molecule has 0 atom stereocenters. The average molecular weight is 338 g/mol. The van der Waals surface area contributed by atoms with Crippen molar-refractivity contribution in [2.45, 2.75) is 6.42 Å².